The van der Waals surface area contributed by atoms with Gasteiger partial charge in [0.1, 0.15) is 17.6 Å². The molecule has 0 amide bonds. The molecule has 0 unspecified atom stereocenters. The van der Waals surface area contributed by atoms with E-state index >= 15 is 0 Å². The average molecular weight is 508 g/mol. The van der Waals surface area contributed by atoms with Gasteiger partial charge in [-0.05, 0) is 72.2 Å². The van der Waals surface area contributed by atoms with Gasteiger partial charge in [0.25, 0.3) is 0 Å². The first-order valence-corrected chi connectivity index (χ1v) is 12.2. The number of pyridine rings is 1. The minimum Gasteiger partial charge on any atom is -0.459 e. The lowest BCUT2D eigenvalue weighted by atomic mass is 10.0. The van der Waals surface area contributed by atoms with Gasteiger partial charge in [-0.3, -0.25) is 4.98 Å². The van der Waals surface area contributed by atoms with Crippen molar-refractivity contribution in [2.24, 2.45) is 0 Å². The zero-order chi connectivity index (χ0) is 23.8. The minimum atomic E-state index is -0.237. The molecule has 0 bridgehead atoms. The molecule has 3 heterocycles. The molecule has 172 valence electrons. The fourth-order valence-corrected chi connectivity index (χ4v) is 5.03. The van der Waals surface area contributed by atoms with Crippen LogP contribution in [0.5, 0.6) is 0 Å². The van der Waals surface area contributed by atoms with Crippen molar-refractivity contribution in [3.05, 3.63) is 106 Å². The summed E-state index contributed by atoms with van der Waals surface area (Å²) in [5, 5.41) is 5.03. The lowest BCUT2D eigenvalue weighted by Gasteiger charge is -2.26. The summed E-state index contributed by atoms with van der Waals surface area (Å²) in [6, 6.07) is 23.4. The van der Waals surface area contributed by atoms with E-state index in [1.807, 2.05) is 42.5 Å². The van der Waals surface area contributed by atoms with Crippen molar-refractivity contribution in [3.63, 3.8) is 0 Å². The van der Waals surface area contributed by atoms with Crippen molar-refractivity contribution >= 4 is 46.2 Å². The summed E-state index contributed by atoms with van der Waals surface area (Å²) in [5.74, 6) is 1.85. The zero-order valence-corrected chi connectivity index (χ0v) is 21.0. The van der Waals surface area contributed by atoms with E-state index in [2.05, 4.69) is 53.3 Å². The van der Waals surface area contributed by atoms with Crippen molar-refractivity contribution in [2.75, 3.05) is 4.90 Å². The van der Waals surface area contributed by atoms with Crippen molar-refractivity contribution in [1.29, 1.82) is 0 Å². The topological polar surface area (TPSA) is 41.3 Å². The first kappa shape index (κ1) is 22.9. The van der Waals surface area contributed by atoms with Crippen LogP contribution in [-0.4, -0.2) is 10.1 Å². The third-order valence-corrected chi connectivity index (χ3v) is 7.20. The summed E-state index contributed by atoms with van der Waals surface area (Å²) in [6.45, 7) is 4.37. The quantitative estimate of drug-likeness (QED) is 0.277. The van der Waals surface area contributed by atoms with Crippen LogP contribution in [0.3, 0.4) is 0 Å². The number of nitrogens with one attached hydrogen (secondary N) is 1. The molecule has 1 fully saturated rings. The number of halogens is 2. The Kier molecular flexibility index (Phi) is 6.34. The zero-order valence-electron chi connectivity index (χ0n) is 18.7. The monoisotopic (exact) mass is 507 g/mol. The molecule has 4 nitrogen and oxygen atoms in total. The van der Waals surface area contributed by atoms with Gasteiger partial charge in [0.05, 0.1) is 21.8 Å². The Hall–Kier alpha value is -2.86. The van der Waals surface area contributed by atoms with Crippen LogP contribution in [-0.2, 0) is 0 Å². The molecule has 1 saturated heterocycles. The molecular formula is C27H23Cl2N3OS. The second kappa shape index (κ2) is 9.41. The normalized spacial score (nSPS) is 17.9. The van der Waals surface area contributed by atoms with E-state index in [0.29, 0.717) is 26.8 Å². The maximum Gasteiger partial charge on any atom is 0.174 e. The van der Waals surface area contributed by atoms with Crippen LogP contribution < -0.4 is 10.2 Å². The Balaban J connectivity index is 1.59. The highest BCUT2D eigenvalue weighted by Gasteiger charge is 2.42. The van der Waals surface area contributed by atoms with E-state index < -0.39 is 0 Å². The molecule has 0 radical (unpaired) electrons. The molecule has 0 aliphatic carbocycles. The highest BCUT2D eigenvalue weighted by molar-refractivity contribution is 7.80. The number of furan rings is 1. The molecule has 34 heavy (non-hydrogen) atoms. The van der Waals surface area contributed by atoms with E-state index in [-0.39, 0.29) is 12.1 Å². The lowest BCUT2D eigenvalue weighted by molar-refractivity contribution is 0.439. The van der Waals surface area contributed by atoms with E-state index in [1.54, 1.807) is 12.3 Å². The number of hydrogen-bond donors (Lipinski definition) is 1. The van der Waals surface area contributed by atoms with Crippen LogP contribution >= 0.6 is 35.4 Å². The van der Waals surface area contributed by atoms with Gasteiger partial charge in [-0.1, -0.05) is 61.3 Å². The largest absolute Gasteiger partial charge is 0.459 e. The van der Waals surface area contributed by atoms with E-state index in [1.165, 1.54) is 5.56 Å². The van der Waals surface area contributed by atoms with Gasteiger partial charge >= 0.3 is 0 Å². The predicted molar refractivity (Wildman–Crippen MR) is 143 cm³/mol. The van der Waals surface area contributed by atoms with Crippen LogP contribution in [0, 0.1) is 0 Å². The smallest absolute Gasteiger partial charge is 0.174 e. The van der Waals surface area contributed by atoms with Crippen LogP contribution in [0.2, 0.25) is 10.0 Å². The summed E-state index contributed by atoms with van der Waals surface area (Å²) in [4.78, 5) is 6.70. The van der Waals surface area contributed by atoms with Gasteiger partial charge in [0.15, 0.2) is 5.11 Å². The number of aromatic nitrogens is 1. The fraction of sp³-hybridized carbons (Fsp3) is 0.185. The first-order chi connectivity index (χ1) is 16.4. The maximum absolute atomic E-state index is 6.46. The van der Waals surface area contributed by atoms with Crippen molar-refractivity contribution in [1.82, 2.24) is 10.3 Å². The second-order valence-corrected chi connectivity index (χ2v) is 9.72. The third-order valence-electron chi connectivity index (χ3n) is 6.07. The standard InChI is InChI=1S/C27H23Cl2N3OS/c1-16(2)17-9-11-18(12-10-17)32-26(25(31-27(32)34)21-8-3-4-15-30-21)23-14-13-22(33-23)19-6-5-7-20(28)24(19)29/h3-16,25-26H,1-2H3,(H,31,34)/t25-,26+/m0/s1. The molecule has 5 rings (SSSR count). The summed E-state index contributed by atoms with van der Waals surface area (Å²) >= 11 is 18.5. The molecule has 1 aliphatic rings. The lowest BCUT2D eigenvalue weighted by Crippen LogP contribution is -2.29. The van der Waals surface area contributed by atoms with Gasteiger partial charge < -0.3 is 14.6 Å². The molecule has 2 aromatic carbocycles. The summed E-state index contributed by atoms with van der Waals surface area (Å²) in [7, 11) is 0. The highest BCUT2D eigenvalue weighted by atomic mass is 35.5. The van der Waals surface area contributed by atoms with Crippen molar-refractivity contribution < 1.29 is 4.42 Å². The van der Waals surface area contributed by atoms with Gasteiger partial charge in [0.2, 0.25) is 0 Å². The molecule has 0 saturated carbocycles. The number of thiocarbonyl (C=S) groups is 1. The summed E-state index contributed by atoms with van der Waals surface area (Å²) in [5.41, 5.74) is 3.89. The summed E-state index contributed by atoms with van der Waals surface area (Å²) < 4.78 is 6.39. The molecule has 1 N–H and O–H groups in total. The van der Waals surface area contributed by atoms with Crippen molar-refractivity contribution in [3.8, 4) is 11.3 Å². The van der Waals surface area contributed by atoms with Gasteiger partial charge in [-0.2, -0.15) is 0 Å². The Labute approximate surface area is 214 Å². The number of hydrogen-bond acceptors (Lipinski definition) is 3. The van der Waals surface area contributed by atoms with Gasteiger partial charge in [0, 0.05) is 17.4 Å². The Bertz CT molecular complexity index is 1320. The molecule has 4 aromatic rings. The Morgan fingerprint density at radius 3 is 2.47 bits per heavy atom. The minimum absolute atomic E-state index is 0.188. The van der Waals surface area contributed by atoms with E-state index in [0.717, 1.165) is 22.7 Å². The Morgan fingerprint density at radius 1 is 0.971 bits per heavy atom. The fourth-order valence-electron chi connectivity index (χ4n) is 4.29. The van der Waals surface area contributed by atoms with Gasteiger partial charge in [-0.15, -0.1) is 0 Å². The van der Waals surface area contributed by atoms with E-state index in [9.17, 15) is 0 Å². The van der Waals surface area contributed by atoms with Crippen LogP contribution in [0.15, 0.2) is 83.4 Å². The Morgan fingerprint density at radius 2 is 1.76 bits per heavy atom. The second-order valence-electron chi connectivity index (χ2n) is 8.55. The van der Waals surface area contributed by atoms with Crippen LogP contribution in [0.1, 0.15) is 48.9 Å². The molecule has 7 heteroatoms. The molecule has 0 spiro atoms. The average Bonchev–Trinajstić information content (AvgIpc) is 3.46. The van der Waals surface area contributed by atoms with Crippen LogP contribution in [0.4, 0.5) is 5.69 Å². The molecule has 2 atom stereocenters. The van der Waals surface area contributed by atoms with Gasteiger partial charge in [-0.25, -0.2) is 0 Å². The third kappa shape index (κ3) is 4.20. The highest BCUT2D eigenvalue weighted by Crippen LogP contribution is 2.44. The first-order valence-electron chi connectivity index (χ1n) is 11.1. The van der Waals surface area contributed by atoms with Crippen molar-refractivity contribution in [2.45, 2.75) is 31.8 Å². The maximum atomic E-state index is 6.46. The predicted octanol–water partition coefficient (Wildman–Crippen LogP) is 7.95. The van der Waals surface area contributed by atoms with E-state index in [4.69, 9.17) is 39.8 Å². The summed E-state index contributed by atoms with van der Waals surface area (Å²) in [6.07, 6.45) is 1.79. The number of rotatable bonds is 5. The molecular weight excluding hydrogens is 485 g/mol. The number of anilines is 1. The van der Waals surface area contributed by atoms with Crippen LogP contribution in [0.25, 0.3) is 11.3 Å². The molecule has 2 aromatic heterocycles. The SMILES string of the molecule is CC(C)c1ccc(N2C(=S)N[C@@H](c3ccccn3)[C@H]2c2ccc(-c3cccc(Cl)c3Cl)o2)cc1. The number of nitrogens with zero attached hydrogens (tertiary/aromatic N) is 2. The molecule has 1 aliphatic heterocycles. The number of benzene rings is 2.